The molecule has 0 aliphatic carbocycles. The van der Waals surface area contributed by atoms with Crippen LogP contribution in [0.2, 0.25) is 0 Å². The second-order valence-corrected chi connectivity index (χ2v) is 15.1. The number of thiazole rings is 1. The highest BCUT2D eigenvalue weighted by atomic mass is 32.1. The normalized spacial score (nSPS) is 21.8. The van der Waals surface area contributed by atoms with Crippen molar-refractivity contribution in [2.75, 3.05) is 38.2 Å². The molecular weight excluding hydrogens is 607 g/mol. The fourth-order valence-corrected chi connectivity index (χ4v) is 9.48. The Hall–Kier alpha value is -3.95. The van der Waals surface area contributed by atoms with Crippen LogP contribution < -0.4 is 9.64 Å². The molecule has 3 aromatic carbocycles. The van der Waals surface area contributed by atoms with Gasteiger partial charge < -0.3 is 19.6 Å². The third kappa shape index (κ3) is 5.47. The molecule has 3 aliphatic heterocycles. The minimum absolute atomic E-state index is 0.0313. The lowest BCUT2D eigenvalue weighted by molar-refractivity contribution is -0.136. The first-order chi connectivity index (χ1) is 22.7. The number of fused-ring (bicyclic) bond motifs is 7. The van der Waals surface area contributed by atoms with Gasteiger partial charge in [-0.15, -0.1) is 11.3 Å². The van der Waals surface area contributed by atoms with Crippen LogP contribution in [0.1, 0.15) is 61.6 Å². The lowest BCUT2D eigenvalue weighted by atomic mass is 9.84. The smallest absolute Gasteiger partial charge is 0.307 e. The molecule has 2 aromatic heterocycles. The Kier molecular flexibility index (Phi) is 7.72. The number of rotatable bonds is 2. The minimum Gasteiger partial charge on any atom is -0.493 e. The molecule has 0 radical (unpaired) electrons. The van der Waals surface area contributed by atoms with Gasteiger partial charge in [0.15, 0.2) is 5.82 Å². The predicted molar refractivity (Wildman–Crippen MR) is 190 cm³/mol. The highest BCUT2D eigenvalue weighted by Crippen LogP contribution is 2.45. The van der Waals surface area contributed by atoms with E-state index in [1.807, 2.05) is 18.7 Å². The van der Waals surface area contributed by atoms with Gasteiger partial charge in [0.1, 0.15) is 10.8 Å². The zero-order valence-electron chi connectivity index (χ0n) is 27.8. The van der Waals surface area contributed by atoms with Crippen molar-refractivity contribution in [1.82, 2.24) is 19.7 Å². The molecule has 9 heteroatoms. The van der Waals surface area contributed by atoms with E-state index in [1.165, 1.54) is 18.4 Å². The molecule has 47 heavy (non-hydrogen) atoms. The SMILES string of the molecule is Cc1cc2nc3sc2c(c1CC(=O)O)-c1ccc2c(c1)C(CCCC(C)CC1CN(C)CCN1c1nn(C)c4ccc-3cc14)CCO2. The van der Waals surface area contributed by atoms with Crippen molar-refractivity contribution in [3.05, 3.63) is 59.2 Å². The molecular formula is C38H43N5O3S. The molecule has 8 rings (SSSR count). The number of aromatic nitrogens is 3. The summed E-state index contributed by atoms with van der Waals surface area (Å²) in [6.07, 6.45) is 5.61. The third-order valence-corrected chi connectivity index (χ3v) is 11.9. The van der Waals surface area contributed by atoms with Crippen LogP contribution in [0.25, 0.3) is 42.8 Å². The first-order valence-corrected chi connectivity index (χ1v) is 17.9. The Balaban J connectivity index is 1.35. The van der Waals surface area contributed by atoms with Gasteiger partial charge in [-0.05, 0) is 104 Å². The highest BCUT2D eigenvalue weighted by molar-refractivity contribution is 7.22. The monoisotopic (exact) mass is 649 g/mol. The number of anilines is 1. The molecule has 3 unspecified atom stereocenters. The van der Waals surface area contributed by atoms with Gasteiger partial charge in [-0.2, -0.15) is 5.10 Å². The third-order valence-electron chi connectivity index (χ3n) is 10.8. The van der Waals surface area contributed by atoms with Crippen molar-refractivity contribution in [1.29, 1.82) is 0 Å². The summed E-state index contributed by atoms with van der Waals surface area (Å²) in [5.74, 6) is 2.24. The van der Waals surface area contributed by atoms with E-state index in [1.54, 1.807) is 11.3 Å². The molecule has 5 heterocycles. The number of hydrogen-bond acceptors (Lipinski definition) is 7. The summed E-state index contributed by atoms with van der Waals surface area (Å²) in [4.78, 5) is 22.4. The molecule has 244 valence electrons. The van der Waals surface area contributed by atoms with Crippen LogP contribution in [0.15, 0.2) is 42.5 Å². The largest absolute Gasteiger partial charge is 0.493 e. The summed E-state index contributed by atoms with van der Waals surface area (Å²) in [5, 5.41) is 17.2. The number of carboxylic acids is 1. The number of aryl methyl sites for hydroxylation is 2. The average molecular weight is 650 g/mol. The maximum absolute atomic E-state index is 12.2. The van der Waals surface area contributed by atoms with Crippen molar-refractivity contribution in [2.45, 2.75) is 64.3 Å². The molecule has 3 atom stereocenters. The number of ether oxygens (including phenoxy) is 1. The summed E-state index contributed by atoms with van der Waals surface area (Å²) in [7, 11) is 4.29. The molecule has 5 aromatic rings. The van der Waals surface area contributed by atoms with Crippen LogP contribution in [0.4, 0.5) is 5.82 Å². The second kappa shape index (κ2) is 11.9. The van der Waals surface area contributed by atoms with E-state index in [0.717, 1.165) is 111 Å². The van der Waals surface area contributed by atoms with Crippen molar-refractivity contribution in [3.63, 3.8) is 0 Å². The molecule has 0 amide bonds. The van der Waals surface area contributed by atoms with Crippen LogP contribution in [0, 0.1) is 12.8 Å². The van der Waals surface area contributed by atoms with Crippen molar-refractivity contribution >= 4 is 44.2 Å². The fourth-order valence-electron chi connectivity index (χ4n) is 8.34. The summed E-state index contributed by atoms with van der Waals surface area (Å²) in [6.45, 7) is 8.20. The Labute approximate surface area is 280 Å². The number of carbonyl (C=O) groups is 1. The minimum atomic E-state index is -0.825. The average Bonchev–Trinajstić information content (AvgIpc) is 3.61. The summed E-state index contributed by atoms with van der Waals surface area (Å²) >= 11 is 1.66. The van der Waals surface area contributed by atoms with E-state index in [4.69, 9.17) is 14.8 Å². The van der Waals surface area contributed by atoms with Crippen LogP contribution in [-0.2, 0) is 18.3 Å². The fraction of sp³-hybridized carbons (Fsp3) is 0.447. The lowest BCUT2D eigenvalue weighted by Gasteiger charge is -2.41. The molecule has 1 fully saturated rings. The standard InChI is InChI=1S/C38H43N5O3S/c1-22-6-5-7-24-12-15-46-33-11-9-25(18-29(24)33)35-28(20-34(44)45)23(2)17-31-36(35)47-38(39-31)26-8-10-32-30(19-26)37(40-42(32)4)43-14-13-41(3)21-27(43)16-22/h8-11,17-19,22,24,27H,5-7,12-16,20-21H2,1-4H3,(H,44,45). The maximum atomic E-state index is 12.2. The Morgan fingerprint density at radius 2 is 1.91 bits per heavy atom. The maximum Gasteiger partial charge on any atom is 0.307 e. The Morgan fingerprint density at radius 1 is 1.06 bits per heavy atom. The first-order valence-electron chi connectivity index (χ1n) is 17.1. The van der Waals surface area contributed by atoms with E-state index in [-0.39, 0.29) is 6.42 Å². The van der Waals surface area contributed by atoms with E-state index in [2.05, 4.69) is 66.2 Å². The van der Waals surface area contributed by atoms with E-state index < -0.39 is 5.97 Å². The number of piperazine rings is 1. The zero-order valence-corrected chi connectivity index (χ0v) is 28.6. The summed E-state index contributed by atoms with van der Waals surface area (Å²) in [6, 6.07) is 15.6. The highest BCUT2D eigenvalue weighted by Gasteiger charge is 2.31. The van der Waals surface area contributed by atoms with Gasteiger partial charge in [-0.25, -0.2) is 4.98 Å². The van der Waals surface area contributed by atoms with Crippen LogP contribution in [-0.4, -0.2) is 70.1 Å². The molecule has 6 bridgehead atoms. The number of hydrogen-bond donors (Lipinski definition) is 1. The molecule has 1 N–H and O–H groups in total. The van der Waals surface area contributed by atoms with Crippen molar-refractivity contribution in [2.24, 2.45) is 13.0 Å². The van der Waals surface area contributed by atoms with Gasteiger partial charge in [0, 0.05) is 49.2 Å². The van der Waals surface area contributed by atoms with Gasteiger partial charge in [0.25, 0.3) is 0 Å². The molecule has 1 saturated heterocycles. The summed E-state index contributed by atoms with van der Waals surface area (Å²) < 4.78 is 9.23. The molecule has 8 nitrogen and oxygen atoms in total. The van der Waals surface area contributed by atoms with Gasteiger partial charge in [0.05, 0.1) is 28.8 Å². The number of nitrogens with zero attached hydrogens (tertiary/aromatic N) is 5. The van der Waals surface area contributed by atoms with Gasteiger partial charge in [-0.1, -0.05) is 25.8 Å². The quantitative estimate of drug-likeness (QED) is 0.210. The second-order valence-electron chi connectivity index (χ2n) is 14.1. The van der Waals surface area contributed by atoms with Gasteiger partial charge in [-0.3, -0.25) is 9.48 Å². The van der Waals surface area contributed by atoms with Gasteiger partial charge in [0.2, 0.25) is 0 Å². The molecule has 3 aliphatic rings. The topological polar surface area (TPSA) is 83.7 Å². The lowest BCUT2D eigenvalue weighted by Crippen LogP contribution is -2.52. The van der Waals surface area contributed by atoms with E-state index in [0.29, 0.717) is 17.9 Å². The predicted octanol–water partition coefficient (Wildman–Crippen LogP) is 7.65. The van der Waals surface area contributed by atoms with Crippen molar-refractivity contribution < 1.29 is 14.6 Å². The number of likely N-dealkylation sites (N-methyl/N-ethyl adjacent to an activating group) is 1. The van der Waals surface area contributed by atoms with Gasteiger partial charge >= 0.3 is 5.97 Å². The number of benzene rings is 3. The van der Waals surface area contributed by atoms with Crippen molar-refractivity contribution in [3.8, 4) is 27.4 Å². The number of carboxylic acid groups (broad SMARTS) is 1. The first kappa shape index (κ1) is 30.4. The Bertz CT molecular complexity index is 2010. The molecule has 0 saturated carbocycles. The molecule has 0 spiro atoms. The van der Waals surface area contributed by atoms with Crippen LogP contribution >= 0.6 is 11.3 Å². The zero-order chi connectivity index (χ0) is 32.4. The van der Waals surface area contributed by atoms with Crippen LogP contribution in [0.3, 0.4) is 0 Å². The number of aliphatic carboxylic acids is 1. The summed E-state index contributed by atoms with van der Waals surface area (Å²) in [5.41, 5.74) is 8.21. The van der Waals surface area contributed by atoms with Crippen LogP contribution in [0.5, 0.6) is 5.75 Å². The van der Waals surface area contributed by atoms with E-state index >= 15 is 0 Å². The van der Waals surface area contributed by atoms with E-state index in [9.17, 15) is 9.90 Å². The Morgan fingerprint density at radius 3 is 2.77 bits per heavy atom.